The van der Waals surface area contributed by atoms with Gasteiger partial charge in [0.1, 0.15) is 0 Å². The second-order valence-corrected chi connectivity index (χ2v) is 9.33. The lowest BCUT2D eigenvalue weighted by molar-refractivity contribution is 0.0939. The summed E-state index contributed by atoms with van der Waals surface area (Å²) in [6.07, 6.45) is 0. The van der Waals surface area contributed by atoms with Crippen LogP contribution in [0.2, 0.25) is 0 Å². The third kappa shape index (κ3) is 4.88. The maximum atomic E-state index is 12.7. The lowest BCUT2D eigenvalue weighted by Crippen LogP contribution is -2.27. The van der Waals surface area contributed by atoms with Crippen molar-refractivity contribution in [1.82, 2.24) is 5.32 Å². The quantitative estimate of drug-likeness (QED) is 0.571. The molecule has 1 unspecified atom stereocenters. The summed E-state index contributed by atoms with van der Waals surface area (Å²) in [6.45, 7) is 1.90. The van der Waals surface area contributed by atoms with Crippen LogP contribution in [0.25, 0.3) is 0 Å². The van der Waals surface area contributed by atoms with E-state index >= 15 is 0 Å². The van der Waals surface area contributed by atoms with Crippen LogP contribution in [-0.2, 0) is 15.6 Å². The van der Waals surface area contributed by atoms with Gasteiger partial charge in [0.15, 0.2) is 9.84 Å². The Morgan fingerprint density at radius 3 is 2.36 bits per heavy atom. The minimum atomic E-state index is -3.47. The molecule has 0 bridgehead atoms. The van der Waals surface area contributed by atoms with E-state index in [9.17, 15) is 13.2 Å². The predicted molar refractivity (Wildman–Crippen MR) is 114 cm³/mol. The molecule has 144 valence electrons. The minimum Gasteiger partial charge on any atom is -0.345 e. The van der Waals surface area contributed by atoms with Gasteiger partial charge in [0.05, 0.1) is 16.7 Å². The van der Waals surface area contributed by atoms with Crippen molar-refractivity contribution in [1.29, 1.82) is 0 Å². The SMILES string of the molecule is CC(NC(=O)c1cccc(CS(=O)(=O)c2ccccc2)c1)c1ccccc1Br. The Bertz CT molecular complexity index is 1080. The van der Waals surface area contributed by atoms with Crippen molar-refractivity contribution in [3.63, 3.8) is 0 Å². The van der Waals surface area contributed by atoms with Gasteiger partial charge in [0.2, 0.25) is 0 Å². The third-order valence-corrected chi connectivity index (χ3v) is 6.79. The molecule has 3 aromatic carbocycles. The smallest absolute Gasteiger partial charge is 0.251 e. The molecule has 1 N–H and O–H groups in total. The summed E-state index contributed by atoms with van der Waals surface area (Å²) in [5.41, 5.74) is 1.98. The first-order chi connectivity index (χ1) is 13.4. The molecule has 0 saturated heterocycles. The summed E-state index contributed by atoms with van der Waals surface area (Å²) in [4.78, 5) is 12.9. The molecule has 0 aliphatic carbocycles. The Morgan fingerprint density at radius 1 is 0.964 bits per heavy atom. The Morgan fingerprint density at radius 2 is 1.64 bits per heavy atom. The number of amides is 1. The van der Waals surface area contributed by atoms with Crippen LogP contribution >= 0.6 is 15.9 Å². The Kier molecular flexibility index (Phi) is 6.31. The number of carbonyl (C=O) groups is 1. The molecule has 0 aliphatic rings. The zero-order valence-corrected chi connectivity index (χ0v) is 17.7. The highest BCUT2D eigenvalue weighted by molar-refractivity contribution is 9.10. The molecule has 0 fully saturated rings. The van der Waals surface area contributed by atoms with Crippen molar-refractivity contribution >= 4 is 31.7 Å². The summed E-state index contributed by atoms with van der Waals surface area (Å²) >= 11 is 3.49. The Balaban J connectivity index is 1.76. The molecular formula is C22H20BrNO3S. The molecule has 0 saturated carbocycles. The molecule has 0 aromatic heterocycles. The fourth-order valence-electron chi connectivity index (χ4n) is 2.92. The first-order valence-electron chi connectivity index (χ1n) is 8.79. The molecule has 0 spiro atoms. The molecule has 6 heteroatoms. The highest BCUT2D eigenvalue weighted by Gasteiger charge is 2.17. The van der Waals surface area contributed by atoms with E-state index in [1.165, 1.54) is 0 Å². The fraction of sp³-hybridized carbons (Fsp3) is 0.136. The number of rotatable bonds is 6. The Hall–Kier alpha value is -2.44. The first-order valence-corrected chi connectivity index (χ1v) is 11.2. The van der Waals surface area contributed by atoms with Gasteiger partial charge in [0, 0.05) is 10.0 Å². The monoisotopic (exact) mass is 457 g/mol. The van der Waals surface area contributed by atoms with Gasteiger partial charge in [-0.1, -0.05) is 64.5 Å². The molecule has 0 radical (unpaired) electrons. The first kappa shape index (κ1) is 20.3. The maximum Gasteiger partial charge on any atom is 0.251 e. The van der Waals surface area contributed by atoms with E-state index in [0.29, 0.717) is 11.1 Å². The van der Waals surface area contributed by atoms with Crippen LogP contribution in [0.4, 0.5) is 0 Å². The minimum absolute atomic E-state index is 0.155. The number of hydrogen-bond donors (Lipinski definition) is 1. The number of benzene rings is 3. The predicted octanol–water partition coefficient (Wildman–Crippen LogP) is 4.91. The maximum absolute atomic E-state index is 12.7. The van der Waals surface area contributed by atoms with Gasteiger partial charge in [-0.25, -0.2) is 8.42 Å². The van der Waals surface area contributed by atoms with Gasteiger partial charge in [-0.2, -0.15) is 0 Å². The Labute approximate surface area is 173 Å². The van der Waals surface area contributed by atoms with Crippen molar-refractivity contribution in [2.75, 3.05) is 0 Å². The van der Waals surface area contributed by atoms with Crippen LogP contribution in [0.15, 0.2) is 88.2 Å². The van der Waals surface area contributed by atoms with Crippen molar-refractivity contribution in [2.24, 2.45) is 0 Å². The summed E-state index contributed by atoms with van der Waals surface area (Å²) in [6, 6.07) is 22.5. The van der Waals surface area contributed by atoms with Crippen molar-refractivity contribution < 1.29 is 13.2 Å². The van der Waals surface area contributed by atoms with Crippen molar-refractivity contribution in [2.45, 2.75) is 23.6 Å². The van der Waals surface area contributed by atoms with Gasteiger partial charge < -0.3 is 5.32 Å². The van der Waals surface area contributed by atoms with E-state index in [2.05, 4.69) is 21.2 Å². The molecule has 1 atom stereocenters. The summed E-state index contributed by atoms with van der Waals surface area (Å²) in [7, 11) is -3.47. The summed E-state index contributed by atoms with van der Waals surface area (Å²) in [5.74, 6) is -0.403. The highest BCUT2D eigenvalue weighted by atomic mass is 79.9. The van der Waals surface area contributed by atoms with Crippen LogP contribution in [0.1, 0.15) is 34.5 Å². The topological polar surface area (TPSA) is 63.2 Å². The average Bonchev–Trinajstić information content (AvgIpc) is 2.69. The van der Waals surface area contributed by atoms with Gasteiger partial charge in [-0.15, -0.1) is 0 Å². The highest BCUT2D eigenvalue weighted by Crippen LogP contribution is 2.23. The molecule has 0 heterocycles. The van der Waals surface area contributed by atoms with Crippen molar-refractivity contribution in [3.05, 3.63) is 100 Å². The van der Waals surface area contributed by atoms with E-state index in [0.717, 1.165) is 10.0 Å². The number of hydrogen-bond acceptors (Lipinski definition) is 3. The molecule has 28 heavy (non-hydrogen) atoms. The van der Waals surface area contributed by atoms with Gasteiger partial charge >= 0.3 is 0 Å². The normalized spacial score (nSPS) is 12.4. The lowest BCUT2D eigenvalue weighted by atomic mass is 10.1. The molecule has 3 rings (SSSR count). The van der Waals surface area contributed by atoms with Crippen LogP contribution in [-0.4, -0.2) is 14.3 Å². The molecule has 1 amide bonds. The van der Waals surface area contributed by atoms with Crippen LogP contribution in [0, 0.1) is 0 Å². The van der Waals surface area contributed by atoms with Gasteiger partial charge in [-0.3, -0.25) is 4.79 Å². The molecular weight excluding hydrogens is 438 g/mol. The summed E-state index contributed by atoms with van der Waals surface area (Å²) in [5, 5.41) is 2.96. The molecule has 4 nitrogen and oxygen atoms in total. The number of nitrogens with one attached hydrogen (secondary N) is 1. The van der Waals surface area contributed by atoms with Crippen molar-refractivity contribution in [3.8, 4) is 0 Å². The second-order valence-electron chi connectivity index (χ2n) is 6.49. The summed E-state index contributed by atoms with van der Waals surface area (Å²) < 4.78 is 26.1. The zero-order valence-electron chi connectivity index (χ0n) is 15.3. The van der Waals surface area contributed by atoms with Crippen LogP contribution < -0.4 is 5.32 Å². The van der Waals surface area contributed by atoms with E-state index in [-0.39, 0.29) is 22.6 Å². The zero-order chi connectivity index (χ0) is 20.1. The van der Waals surface area contributed by atoms with E-state index in [1.54, 1.807) is 54.6 Å². The largest absolute Gasteiger partial charge is 0.345 e. The second kappa shape index (κ2) is 8.71. The number of halogens is 1. The number of carbonyl (C=O) groups excluding carboxylic acids is 1. The van der Waals surface area contributed by atoms with Gasteiger partial charge in [-0.05, 0) is 48.4 Å². The van der Waals surface area contributed by atoms with E-state index in [1.807, 2.05) is 31.2 Å². The average molecular weight is 458 g/mol. The fourth-order valence-corrected chi connectivity index (χ4v) is 4.90. The van der Waals surface area contributed by atoms with Crippen LogP contribution in [0.5, 0.6) is 0 Å². The van der Waals surface area contributed by atoms with E-state index < -0.39 is 9.84 Å². The van der Waals surface area contributed by atoms with Crippen LogP contribution in [0.3, 0.4) is 0 Å². The molecule has 0 aliphatic heterocycles. The van der Waals surface area contributed by atoms with E-state index in [4.69, 9.17) is 0 Å². The molecule has 3 aromatic rings. The van der Waals surface area contributed by atoms with Gasteiger partial charge in [0.25, 0.3) is 5.91 Å². The number of sulfone groups is 1. The third-order valence-electron chi connectivity index (χ3n) is 4.37. The standard InChI is InChI=1S/C22H20BrNO3S/c1-16(20-12-5-6-13-21(20)23)24-22(25)18-9-7-8-17(14-18)15-28(26,27)19-10-3-2-4-11-19/h2-14,16H,15H2,1H3,(H,24,25). The lowest BCUT2D eigenvalue weighted by Gasteiger charge is -2.16.